The zero-order chi connectivity index (χ0) is 15.5. The fourth-order valence-electron chi connectivity index (χ4n) is 3.00. The Kier molecular flexibility index (Phi) is 4.88. The summed E-state index contributed by atoms with van der Waals surface area (Å²) < 4.78 is 4.81. The molecular formula is C17H25NO3. The minimum atomic E-state index is -0.868. The van der Waals surface area contributed by atoms with Gasteiger partial charge in [-0.25, -0.2) is 0 Å². The maximum absolute atomic E-state index is 11.5. The van der Waals surface area contributed by atoms with Crippen LogP contribution in [0.4, 0.5) is 5.69 Å². The molecule has 1 fully saturated rings. The lowest BCUT2D eigenvalue weighted by Crippen LogP contribution is -2.31. The van der Waals surface area contributed by atoms with Gasteiger partial charge < -0.3 is 15.2 Å². The third-order valence-corrected chi connectivity index (χ3v) is 4.21. The predicted octanol–water partition coefficient (Wildman–Crippen LogP) is 3.06. The second-order valence-corrected chi connectivity index (χ2v) is 6.32. The third-order valence-electron chi connectivity index (χ3n) is 4.21. The number of carbonyl (C=O) groups is 1. The Labute approximate surface area is 126 Å². The number of hydrogen-bond acceptors (Lipinski definition) is 4. The van der Waals surface area contributed by atoms with Crippen LogP contribution in [0.25, 0.3) is 0 Å². The van der Waals surface area contributed by atoms with Crippen molar-refractivity contribution in [2.45, 2.75) is 51.2 Å². The first-order valence-corrected chi connectivity index (χ1v) is 7.58. The highest BCUT2D eigenvalue weighted by molar-refractivity contribution is 5.72. The number of rotatable bonds is 4. The first-order chi connectivity index (χ1) is 9.91. The summed E-state index contributed by atoms with van der Waals surface area (Å²) in [5.41, 5.74) is 1.01. The molecule has 0 bridgehead atoms. The molecule has 2 N–H and O–H groups in total. The highest BCUT2D eigenvalue weighted by Crippen LogP contribution is 2.31. The summed E-state index contributed by atoms with van der Waals surface area (Å²) in [7, 11) is 1.45. The van der Waals surface area contributed by atoms with Crippen molar-refractivity contribution in [3.63, 3.8) is 0 Å². The monoisotopic (exact) mass is 291 g/mol. The summed E-state index contributed by atoms with van der Waals surface area (Å²) in [6, 6.07) is 8.20. The SMILES string of the molecule is COC(=O)C1CCC(Nc2ccccc2C(C)(C)O)CC1. The molecule has 1 aromatic rings. The first kappa shape index (κ1) is 15.8. The molecule has 0 unspecified atom stereocenters. The normalized spacial score (nSPS) is 22.7. The van der Waals surface area contributed by atoms with Crippen molar-refractivity contribution in [2.24, 2.45) is 5.92 Å². The van der Waals surface area contributed by atoms with E-state index in [0.29, 0.717) is 6.04 Å². The molecule has 0 spiro atoms. The maximum Gasteiger partial charge on any atom is 0.308 e. The van der Waals surface area contributed by atoms with E-state index in [1.54, 1.807) is 13.8 Å². The van der Waals surface area contributed by atoms with Crippen molar-refractivity contribution in [1.82, 2.24) is 0 Å². The van der Waals surface area contributed by atoms with Crippen LogP contribution in [-0.4, -0.2) is 24.2 Å². The van der Waals surface area contributed by atoms with Gasteiger partial charge in [-0.1, -0.05) is 18.2 Å². The second kappa shape index (κ2) is 6.48. The number of ether oxygens (including phenoxy) is 1. The van der Waals surface area contributed by atoms with Crippen LogP contribution in [0.2, 0.25) is 0 Å². The highest BCUT2D eigenvalue weighted by Gasteiger charge is 2.28. The van der Waals surface area contributed by atoms with E-state index in [2.05, 4.69) is 5.32 Å². The van der Waals surface area contributed by atoms with E-state index in [-0.39, 0.29) is 11.9 Å². The van der Waals surface area contributed by atoms with Gasteiger partial charge in [0, 0.05) is 17.3 Å². The van der Waals surface area contributed by atoms with E-state index in [0.717, 1.165) is 36.9 Å². The fourth-order valence-corrected chi connectivity index (χ4v) is 3.00. The zero-order valence-corrected chi connectivity index (χ0v) is 13.1. The Morgan fingerprint density at radius 3 is 2.43 bits per heavy atom. The van der Waals surface area contributed by atoms with Crippen molar-refractivity contribution in [3.8, 4) is 0 Å². The van der Waals surface area contributed by atoms with Gasteiger partial charge in [0.2, 0.25) is 0 Å². The number of anilines is 1. The molecule has 1 aliphatic carbocycles. The van der Waals surface area contributed by atoms with Crippen LogP contribution >= 0.6 is 0 Å². The van der Waals surface area contributed by atoms with Crippen molar-refractivity contribution in [1.29, 1.82) is 0 Å². The van der Waals surface area contributed by atoms with E-state index >= 15 is 0 Å². The number of aliphatic hydroxyl groups is 1. The molecule has 0 amide bonds. The van der Waals surface area contributed by atoms with Gasteiger partial charge in [0.25, 0.3) is 0 Å². The van der Waals surface area contributed by atoms with Crippen molar-refractivity contribution < 1.29 is 14.6 Å². The van der Waals surface area contributed by atoms with Crippen LogP contribution < -0.4 is 5.32 Å². The zero-order valence-electron chi connectivity index (χ0n) is 13.1. The van der Waals surface area contributed by atoms with Gasteiger partial charge in [-0.15, -0.1) is 0 Å². The molecule has 116 valence electrons. The molecule has 1 aromatic carbocycles. The first-order valence-electron chi connectivity index (χ1n) is 7.58. The van der Waals surface area contributed by atoms with E-state index in [1.165, 1.54) is 7.11 Å². The molecule has 2 rings (SSSR count). The number of hydrogen-bond donors (Lipinski definition) is 2. The average molecular weight is 291 g/mol. The molecule has 21 heavy (non-hydrogen) atoms. The minimum absolute atomic E-state index is 0.0394. The maximum atomic E-state index is 11.5. The topological polar surface area (TPSA) is 58.6 Å². The number of benzene rings is 1. The Hall–Kier alpha value is -1.55. The Morgan fingerprint density at radius 1 is 1.24 bits per heavy atom. The van der Waals surface area contributed by atoms with Crippen LogP contribution in [0, 0.1) is 5.92 Å². The second-order valence-electron chi connectivity index (χ2n) is 6.32. The molecule has 0 aromatic heterocycles. The summed E-state index contributed by atoms with van der Waals surface area (Å²) in [5.74, 6) is -0.0529. The van der Waals surface area contributed by atoms with Gasteiger partial charge in [-0.3, -0.25) is 4.79 Å². The lowest BCUT2D eigenvalue weighted by molar-refractivity contribution is -0.146. The molecule has 4 heteroatoms. The average Bonchev–Trinajstić information content (AvgIpc) is 2.47. The smallest absolute Gasteiger partial charge is 0.308 e. The van der Waals surface area contributed by atoms with Crippen LogP contribution in [0.15, 0.2) is 24.3 Å². The van der Waals surface area contributed by atoms with E-state index in [1.807, 2.05) is 24.3 Å². The third kappa shape index (κ3) is 3.97. The largest absolute Gasteiger partial charge is 0.469 e. The highest BCUT2D eigenvalue weighted by atomic mass is 16.5. The molecule has 0 saturated heterocycles. The number of para-hydroxylation sites is 1. The number of methoxy groups -OCH3 is 1. The Bertz CT molecular complexity index is 485. The Balaban J connectivity index is 2.00. The summed E-state index contributed by atoms with van der Waals surface area (Å²) in [5, 5.41) is 13.8. The molecule has 1 aliphatic rings. The van der Waals surface area contributed by atoms with E-state index in [9.17, 15) is 9.90 Å². The van der Waals surface area contributed by atoms with Crippen LogP contribution in [0.3, 0.4) is 0 Å². The predicted molar refractivity (Wildman–Crippen MR) is 83.1 cm³/mol. The molecule has 4 nitrogen and oxygen atoms in total. The quantitative estimate of drug-likeness (QED) is 0.837. The lowest BCUT2D eigenvalue weighted by Gasteiger charge is -2.30. The van der Waals surface area contributed by atoms with E-state index in [4.69, 9.17) is 4.74 Å². The minimum Gasteiger partial charge on any atom is -0.469 e. The molecule has 0 heterocycles. The summed E-state index contributed by atoms with van der Waals surface area (Å²) >= 11 is 0. The fraction of sp³-hybridized carbons (Fsp3) is 0.588. The van der Waals surface area contributed by atoms with Gasteiger partial charge in [0.1, 0.15) is 0 Å². The number of esters is 1. The van der Waals surface area contributed by atoms with Crippen LogP contribution in [0.5, 0.6) is 0 Å². The van der Waals surface area contributed by atoms with Crippen molar-refractivity contribution >= 4 is 11.7 Å². The van der Waals surface area contributed by atoms with Crippen LogP contribution in [-0.2, 0) is 15.1 Å². The van der Waals surface area contributed by atoms with Crippen molar-refractivity contribution in [3.05, 3.63) is 29.8 Å². The summed E-state index contributed by atoms with van der Waals surface area (Å²) in [4.78, 5) is 11.5. The molecule has 0 aliphatic heterocycles. The van der Waals surface area contributed by atoms with Gasteiger partial charge >= 0.3 is 5.97 Å². The van der Waals surface area contributed by atoms with E-state index < -0.39 is 5.60 Å². The number of nitrogens with one attached hydrogen (secondary N) is 1. The number of carbonyl (C=O) groups excluding carboxylic acids is 1. The Morgan fingerprint density at radius 2 is 1.86 bits per heavy atom. The molecular weight excluding hydrogens is 266 g/mol. The van der Waals surface area contributed by atoms with Gasteiger partial charge in [-0.2, -0.15) is 0 Å². The summed E-state index contributed by atoms with van der Waals surface area (Å²) in [6.07, 6.45) is 3.60. The van der Waals surface area contributed by atoms with Gasteiger partial charge in [0.05, 0.1) is 18.6 Å². The lowest BCUT2D eigenvalue weighted by atomic mass is 9.85. The molecule has 0 radical (unpaired) electrons. The standard InChI is InChI=1S/C17H25NO3/c1-17(2,20)14-6-4-5-7-15(14)18-13-10-8-12(9-11-13)16(19)21-3/h4-7,12-13,18,20H,8-11H2,1-3H3. The van der Waals surface area contributed by atoms with Gasteiger partial charge in [0.15, 0.2) is 0 Å². The molecule has 0 atom stereocenters. The summed E-state index contributed by atoms with van der Waals surface area (Å²) in [6.45, 7) is 3.59. The molecule has 1 saturated carbocycles. The van der Waals surface area contributed by atoms with Crippen LogP contribution in [0.1, 0.15) is 45.1 Å². The van der Waals surface area contributed by atoms with Crippen molar-refractivity contribution in [2.75, 3.05) is 12.4 Å². The van der Waals surface area contributed by atoms with Gasteiger partial charge in [-0.05, 0) is 45.6 Å².